The first kappa shape index (κ1) is 20.6. The minimum Gasteiger partial charge on any atom is -0.393 e. The van der Waals surface area contributed by atoms with Crippen LogP contribution >= 0.6 is 0 Å². The predicted molar refractivity (Wildman–Crippen MR) is 132 cm³/mol. The molecule has 1 fully saturated rings. The first-order valence-electron chi connectivity index (χ1n) is 11.4. The quantitative estimate of drug-likeness (QED) is 0.432. The molecule has 2 aliphatic heterocycles. The molecule has 0 aromatic carbocycles. The summed E-state index contributed by atoms with van der Waals surface area (Å²) in [6.07, 6.45) is 8.64. The van der Waals surface area contributed by atoms with Crippen molar-refractivity contribution in [2.75, 3.05) is 23.3 Å². The van der Waals surface area contributed by atoms with Gasteiger partial charge in [-0.15, -0.1) is 0 Å². The number of anilines is 3. The van der Waals surface area contributed by atoms with Gasteiger partial charge in [0, 0.05) is 57.6 Å². The summed E-state index contributed by atoms with van der Waals surface area (Å²) in [5, 5.41) is 17.0. The Morgan fingerprint density at radius 1 is 1.09 bits per heavy atom. The highest BCUT2D eigenvalue weighted by Gasteiger charge is 2.28. The highest BCUT2D eigenvalue weighted by Crippen LogP contribution is 2.36. The second kappa shape index (κ2) is 8.11. The average Bonchev–Trinajstić information content (AvgIpc) is 3.44. The van der Waals surface area contributed by atoms with E-state index in [9.17, 15) is 9.90 Å². The molecular weight excluding hydrogens is 430 g/mol. The van der Waals surface area contributed by atoms with Crippen LogP contribution in [0.1, 0.15) is 30.2 Å². The van der Waals surface area contributed by atoms with Gasteiger partial charge in [0.1, 0.15) is 17.3 Å². The van der Waals surface area contributed by atoms with Gasteiger partial charge in [0.2, 0.25) is 0 Å². The van der Waals surface area contributed by atoms with Crippen molar-refractivity contribution in [2.45, 2.75) is 25.5 Å². The molecule has 34 heavy (non-hydrogen) atoms. The van der Waals surface area contributed by atoms with Crippen LogP contribution in [-0.2, 0) is 13.6 Å². The Balaban J connectivity index is 0.00000253. The summed E-state index contributed by atoms with van der Waals surface area (Å²) in [7, 11) is 1.97. The average molecular weight is 458 g/mol. The minimum atomic E-state index is -0.218. The summed E-state index contributed by atoms with van der Waals surface area (Å²) in [6.45, 7) is 2.04. The van der Waals surface area contributed by atoms with Crippen molar-refractivity contribution in [3.8, 4) is 11.1 Å². The minimum absolute atomic E-state index is 0. The van der Waals surface area contributed by atoms with Gasteiger partial charge < -0.3 is 25.2 Å². The van der Waals surface area contributed by atoms with Crippen molar-refractivity contribution in [3.63, 3.8) is 0 Å². The van der Waals surface area contributed by atoms with Gasteiger partial charge in [-0.05, 0) is 48.2 Å². The molecule has 0 radical (unpaired) electrons. The molecule has 0 atom stereocenters. The van der Waals surface area contributed by atoms with E-state index in [0.717, 1.165) is 65.2 Å². The zero-order valence-electron chi connectivity index (χ0n) is 18.8. The van der Waals surface area contributed by atoms with Crippen LogP contribution in [0, 0.1) is 0 Å². The molecule has 6 rings (SSSR count). The number of hydrogen-bond acceptors (Lipinski definition) is 7. The molecule has 9 heteroatoms. The molecule has 4 aromatic heterocycles. The number of aromatic nitrogens is 4. The fourth-order valence-corrected chi connectivity index (χ4v) is 4.84. The summed E-state index contributed by atoms with van der Waals surface area (Å²) in [4.78, 5) is 28.6. The van der Waals surface area contributed by atoms with Crippen LogP contribution in [0.5, 0.6) is 0 Å². The highest BCUT2D eigenvalue weighted by atomic mass is 16.3. The lowest BCUT2D eigenvalue weighted by Gasteiger charge is -2.30. The van der Waals surface area contributed by atoms with Gasteiger partial charge in [-0.1, -0.05) is 0 Å². The molecule has 9 nitrogen and oxygen atoms in total. The number of pyridine rings is 3. The first-order chi connectivity index (χ1) is 16.6. The molecule has 1 saturated heterocycles. The van der Waals surface area contributed by atoms with Crippen molar-refractivity contribution in [3.05, 3.63) is 60.2 Å². The molecule has 0 spiro atoms. The summed E-state index contributed by atoms with van der Waals surface area (Å²) in [5.74, 6) is 1.26. The van der Waals surface area contributed by atoms with Crippen LogP contribution in [-0.4, -0.2) is 49.7 Å². The number of aliphatic hydroxyl groups is 1. The second-order valence-corrected chi connectivity index (χ2v) is 8.83. The van der Waals surface area contributed by atoms with Crippen molar-refractivity contribution in [1.82, 2.24) is 24.8 Å². The molecular formula is C25H27N7O2. The van der Waals surface area contributed by atoms with Gasteiger partial charge in [0.05, 0.1) is 23.6 Å². The lowest BCUT2D eigenvalue weighted by atomic mass is 9.97. The fraction of sp³-hybridized carbons (Fsp3) is 0.280. The maximum Gasteiger partial charge on any atom is 0.255 e. The number of fused-ring (bicyclic) bond motifs is 2. The van der Waals surface area contributed by atoms with Crippen LogP contribution in [0.4, 0.5) is 17.3 Å². The van der Waals surface area contributed by atoms with Gasteiger partial charge in [0.15, 0.2) is 0 Å². The lowest BCUT2D eigenvalue weighted by Crippen LogP contribution is -2.36. The Kier molecular flexibility index (Phi) is 4.91. The van der Waals surface area contributed by atoms with E-state index in [0.29, 0.717) is 17.9 Å². The number of aliphatic hydroxyl groups excluding tert-OH is 1. The summed E-state index contributed by atoms with van der Waals surface area (Å²) in [6, 6.07) is 7.91. The Bertz CT molecular complexity index is 1400. The van der Waals surface area contributed by atoms with Crippen LogP contribution < -0.4 is 15.5 Å². The topological polar surface area (TPSA) is 108 Å². The van der Waals surface area contributed by atoms with Gasteiger partial charge in [0.25, 0.3) is 5.91 Å². The number of aryl methyl sites for hydroxylation is 1. The first-order valence-corrected chi connectivity index (χ1v) is 11.4. The van der Waals surface area contributed by atoms with Gasteiger partial charge in [-0.25, -0.2) is 15.0 Å². The maximum atomic E-state index is 12.8. The van der Waals surface area contributed by atoms with E-state index in [1.165, 1.54) is 0 Å². The van der Waals surface area contributed by atoms with E-state index in [2.05, 4.69) is 30.5 Å². The number of piperidine rings is 1. The number of carbonyl (C=O) groups excluding carboxylic acids is 1. The largest absolute Gasteiger partial charge is 0.393 e. The monoisotopic (exact) mass is 457 g/mol. The van der Waals surface area contributed by atoms with Gasteiger partial charge >= 0.3 is 0 Å². The van der Waals surface area contributed by atoms with E-state index < -0.39 is 0 Å². The summed E-state index contributed by atoms with van der Waals surface area (Å²) >= 11 is 0. The molecule has 0 saturated carbocycles. The van der Waals surface area contributed by atoms with Crippen molar-refractivity contribution >= 4 is 34.3 Å². The zero-order valence-corrected chi connectivity index (χ0v) is 18.8. The van der Waals surface area contributed by atoms with E-state index in [4.69, 9.17) is 0 Å². The third-order valence-corrected chi connectivity index (χ3v) is 6.70. The molecule has 2 aliphatic rings. The second-order valence-electron chi connectivity index (χ2n) is 8.83. The van der Waals surface area contributed by atoms with E-state index in [1.807, 2.05) is 48.3 Å². The van der Waals surface area contributed by atoms with Crippen molar-refractivity contribution < 1.29 is 11.3 Å². The van der Waals surface area contributed by atoms with Crippen LogP contribution in [0.2, 0.25) is 0 Å². The van der Waals surface area contributed by atoms with Crippen LogP contribution in [0.25, 0.3) is 22.2 Å². The maximum absolute atomic E-state index is 12.8. The van der Waals surface area contributed by atoms with Crippen molar-refractivity contribution in [1.29, 1.82) is 0 Å². The number of rotatable bonds is 4. The molecule has 1 amide bonds. The number of hydrogen-bond donors (Lipinski definition) is 3. The fourth-order valence-electron chi connectivity index (χ4n) is 4.84. The molecule has 174 valence electrons. The SMILES string of the molecule is Cn1ccc2c(-c3cnc(Nc4ccc(N5CCC(O)CC5)nc4)c4c3CNC4=O)ccnc21.[HH]. The Morgan fingerprint density at radius 2 is 1.94 bits per heavy atom. The van der Waals surface area contributed by atoms with E-state index in [1.54, 1.807) is 12.4 Å². The molecule has 0 unspecified atom stereocenters. The van der Waals surface area contributed by atoms with Crippen LogP contribution in [0.15, 0.2) is 49.1 Å². The van der Waals surface area contributed by atoms with E-state index in [-0.39, 0.29) is 13.4 Å². The molecule has 0 aliphatic carbocycles. The van der Waals surface area contributed by atoms with Gasteiger partial charge in [-0.3, -0.25) is 4.79 Å². The zero-order chi connectivity index (χ0) is 23.2. The smallest absolute Gasteiger partial charge is 0.255 e. The summed E-state index contributed by atoms with van der Waals surface area (Å²) < 4.78 is 1.98. The highest BCUT2D eigenvalue weighted by molar-refractivity contribution is 6.06. The standard InChI is InChI=1S/C25H25N7O2.H2/c1-31-9-7-18-17(4-8-26-24(18)31)19-13-28-23(22-20(19)14-29-25(22)34)30-15-2-3-21(27-12-15)32-10-5-16(33)6-11-32;/h2-4,7-9,12-13,16,33H,5-6,10-11,14H2,1H3,(H,28,30)(H,29,34);1H. The lowest BCUT2D eigenvalue weighted by molar-refractivity contribution is 0.0966. The third kappa shape index (κ3) is 3.45. The number of amides is 1. The number of nitrogens with zero attached hydrogens (tertiary/aromatic N) is 5. The predicted octanol–water partition coefficient (Wildman–Crippen LogP) is 3.22. The molecule has 0 bridgehead atoms. The van der Waals surface area contributed by atoms with Gasteiger partial charge in [-0.2, -0.15) is 0 Å². The van der Waals surface area contributed by atoms with Crippen molar-refractivity contribution in [2.24, 2.45) is 7.05 Å². The van der Waals surface area contributed by atoms with Crippen LogP contribution in [0.3, 0.4) is 0 Å². The number of carbonyl (C=O) groups is 1. The molecule has 6 heterocycles. The Morgan fingerprint density at radius 3 is 2.74 bits per heavy atom. The Labute approximate surface area is 198 Å². The third-order valence-electron chi connectivity index (χ3n) is 6.70. The van der Waals surface area contributed by atoms with E-state index >= 15 is 0 Å². The number of nitrogens with one attached hydrogen (secondary N) is 2. The molecule has 3 N–H and O–H groups in total. The normalized spacial score (nSPS) is 16.1. The summed E-state index contributed by atoms with van der Waals surface area (Å²) in [5.41, 5.74) is 5.08. The molecule has 4 aromatic rings. The Hall–Kier alpha value is -3.98.